The van der Waals surface area contributed by atoms with Crippen LogP contribution in [0.5, 0.6) is 0 Å². The van der Waals surface area contributed by atoms with Crippen LogP contribution < -0.4 is 22.1 Å². The second-order valence-electron chi connectivity index (χ2n) is 13.5. The zero-order chi connectivity index (χ0) is 37.8. The number of carbonyl (C=O) groups is 1. The van der Waals surface area contributed by atoms with Crippen molar-refractivity contribution < 1.29 is 23.1 Å². The fourth-order valence-electron chi connectivity index (χ4n) is 5.65. The Morgan fingerprint density at radius 2 is 1.43 bits per heavy atom. The third-order valence-electron chi connectivity index (χ3n) is 8.62. The van der Waals surface area contributed by atoms with Gasteiger partial charge < -0.3 is 32.0 Å². The van der Waals surface area contributed by atoms with Gasteiger partial charge in [-0.2, -0.15) is 23.1 Å². The molecule has 4 aromatic heterocycles. The summed E-state index contributed by atoms with van der Waals surface area (Å²) in [5.41, 5.74) is 12.9. The first-order chi connectivity index (χ1) is 24.0. The van der Waals surface area contributed by atoms with E-state index in [1.54, 1.807) is 37.5 Å². The molecule has 16 heteroatoms. The van der Waals surface area contributed by atoms with Crippen LogP contribution in [-0.2, 0) is 4.79 Å². The van der Waals surface area contributed by atoms with E-state index in [1.165, 1.54) is 0 Å². The molecule has 0 saturated heterocycles. The maximum absolute atomic E-state index is 12.6. The van der Waals surface area contributed by atoms with Gasteiger partial charge in [0.15, 0.2) is 11.6 Å². The molecular weight excluding hydrogens is 685 g/mol. The Bertz CT molecular complexity index is 1740. The molecular formula is C35H50ClF3N10O2. The van der Waals surface area contributed by atoms with Gasteiger partial charge in [0.1, 0.15) is 22.9 Å². The number of aliphatic hydroxyl groups excluding tert-OH is 1. The van der Waals surface area contributed by atoms with Crippen LogP contribution in [0.2, 0.25) is 5.02 Å². The van der Waals surface area contributed by atoms with Crippen molar-refractivity contribution in [3.05, 3.63) is 35.6 Å². The fraction of sp³-hybridized carbons (Fsp3) is 0.571. The van der Waals surface area contributed by atoms with Crippen LogP contribution in [0.1, 0.15) is 105 Å². The highest BCUT2D eigenvalue weighted by Crippen LogP contribution is 2.32. The Balaban J connectivity index is 0.000000276. The zero-order valence-electron chi connectivity index (χ0n) is 29.9. The molecule has 7 N–H and O–H groups in total. The number of pyridine rings is 2. The summed E-state index contributed by atoms with van der Waals surface area (Å²) in [6.07, 6.45) is 3.78. The number of nitrogen functional groups attached to an aromatic ring is 2. The van der Waals surface area contributed by atoms with Crippen molar-refractivity contribution in [1.82, 2.24) is 29.9 Å². The minimum atomic E-state index is -4.63. The van der Waals surface area contributed by atoms with Gasteiger partial charge in [0.2, 0.25) is 11.9 Å². The molecule has 3 atom stereocenters. The van der Waals surface area contributed by atoms with E-state index in [4.69, 9.17) is 23.1 Å². The van der Waals surface area contributed by atoms with Crippen molar-refractivity contribution in [1.29, 1.82) is 0 Å². The number of alkyl halides is 3. The summed E-state index contributed by atoms with van der Waals surface area (Å²) in [7, 11) is 0. The largest absolute Gasteiger partial charge is 0.414 e. The van der Waals surface area contributed by atoms with Crippen molar-refractivity contribution in [2.75, 3.05) is 22.1 Å². The lowest BCUT2D eigenvalue weighted by molar-refractivity contribution is -0.206. The molecule has 0 aliphatic heterocycles. The normalized spacial score (nSPS) is 14.6. The molecule has 0 amide bonds. The van der Waals surface area contributed by atoms with E-state index in [-0.39, 0.29) is 29.6 Å². The van der Waals surface area contributed by atoms with E-state index < -0.39 is 24.2 Å². The lowest BCUT2D eigenvalue weighted by atomic mass is 9.88. The van der Waals surface area contributed by atoms with Gasteiger partial charge in [0.05, 0.1) is 16.1 Å². The van der Waals surface area contributed by atoms with Crippen molar-refractivity contribution in [3.8, 4) is 0 Å². The second-order valence-corrected chi connectivity index (χ2v) is 13.9. The molecule has 4 heterocycles. The number of nitrogens with zero attached hydrogens (tertiary/aromatic N) is 6. The molecule has 0 saturated carbocycles. The van der Waals surface area contributed by atoms with Crippen molar-refractivity contribution in [3.63, 3.8) is 0 Å². The molecule has 0 aliphatic rings. The lowest BCUT2D eigenvalue weighted by Crippen LogP contribution is -2.38. The van der Waals surface area contributed by atoms with Crippen molar-refractivity contribution >= 4 is 63.0 Å². The molecule has 4 aromatic rings. The van der Waals surface area contributed by atoms with Gasteiger partial charge in [-0.1, -0.05) is 57.6 Å². The number of unbranched alkanes of at least 4 members (excludes halogenated alkanes) is 3. The molecule has 0 bridgehead atoms. The Hall–Kier alpha value is -4.11. The predicted molar refractivity (Wildman–Crippen MR) is 197 cm³/mol. The maximum atomic E-state index is 12.6. The van der Waals surface area contributed by atoms with Crippen LogP contribution >= 0.6 is 11.6 Å². The number of ketones is 1. The number of Topliss-reactive ketones (excluding diaryl/α,β-unsaturated/α-hetero) is 1. The van der Waals surface area contributed by atoms with E-state index in [1.807, 2.05) is 13.8 Å². The first kappa shape index (κ1) is 41.3. The molecule has 0 unspecified atom stereocenters. The highest BCUT2D eigenvalue weighted by Gasteiger charge is 2.39. The van der Waals surface area contributed by atoms with Gasteiger partial charge in [-0.25, -0.2) is 15.0 Å². The summed E-state index contributed by atoms with van der Waals surface area (Å²) in [5.74, 6) is 1.37. The number of hydrogen-bond donors (Lipinski definition) is 5. The molecule has 4 rings (SSSR count). The van der Waals surface area contributed by atoms with E-state index in [2.05, 4.69) is 54.4 Å². The van der Waals surface area contributed by atoms with Crippen LogP contribution in [-0.4, -0.2) is 64.2 Å². The molecule has 0 aromatic carbocycles. The summed E-state index contributed by atoms with van der Waals surface area (Å²) in [6, 6.07) is 5.17. The standard InChI is InChI=1S/C18H26ClN5O.C17H24F3N5O/c1-4-5-6-8-18(3,9-7-12(2)25)24-16-15-14(22-17(20)23-16)10-13(19)11-21-15;1-3-4-8-16(2,9-7-12(26)17(18,19)20)25-14-13-11(6-5-10-22-13)23-15(21)24-14/h10-11H,4-9H2,1-3H3,(H3,20,22,23,24);5-6,10,12,26H,3-4,7-9H2,1-2H3,(H3,21,23,24,25)/t18-;12-,16-/m11/s1. The Morgan fingerprint density at radius 1 is 0.863 bits per heavy atom. The van der Waals surface area contributed by atoms with Gasteiger partial charge in [-0.3, -0.25) is 4.98 Å². The molecule has 0 fully saturated rings. The quantitative estimate of drug-likeness (QED) is 0.0657. The SMILES string of the molecule is CCCCC[C@](C)(CCC(C)=O)Nc1nc(N)nc2cc(Cl)cnc12.CCCC[C@](C)(CC[C@@H](O)C(F)(F)F)Nc1nc(N)nc2cccnc12. The minimum absolute atomic E-state index is 0.0566. The Kier molecular flexibility index (Phi) is 14.9. The zero-order valence-corrected chi connectivity index (χ0v) is 30.7. The third kappa shape index (κ3) is 12.9. The molecule has 280 valence electrons. The average molecular weight is 735 g/mol. The van der Waals surface area contributed by atoms with Crippen LogP contribution in [0, 0.1) is 0 Å². The molecule has 0 spiro atoms. The van der Waals surface area contributed by atoms with Crippen LogP contribution in [0.25, 0.3) is 22.1 Å². The van der Waals surface area contributed by atoms with Gasteiger partial charge in [0, 0.05) is 29.9 Å². The number of nitrogens with two attached hydrogens (primary N) is 2. The number of rotatable bonds is 17. The second kappa shape index (κ2) is 18.4. The number of fused-ring (bicyclic) bond motifs is 2. The number of nitrogens with one attached hydrogen (secondary N) is 2. The molecule has 0 aliphatic carbocycles. The predicted octanol–water partition coefficient (Wildman–Crippen LogP) is 8.05. The van der Waals surface area contributed by atoms with Gasteiger partial charge >= 0.3 is 6.18 Å². The van der Waals surface area contributed by atoms with Gasteiger partial charge in [-0.15, -0.1) is 0 Å². The summed E-state index contributed by atoms with van der Waals surface area (Å²) in [4.78, 5) is 36.9. The van der Waals surface area contributed by atoms with Crippen LogP contribution in [0.3, 0.4) is 0 Å². The summed E-state index contributed by atoms with van der Waals surface area (Å²) in [5, 5.41) is 16.5. The third-order valence-corrected chi connectivity index (χ3v) is 8.83. The topological polar surface area (TPSA) is 191 Å². The smallest absolute Gasteiger partial charge is 0.384 e. The molecule has 51 heavy (non-hydrogen) atoms. The maximum Gasteiger partial charge on any atom is 0.414 e. The molecule has 0 radical (unpaired) electrons. The van der Waals surface area contributed by atoms with Gasteiger partial charge in [0.25, 0.3) is 0 Å². The van der Waals surface area contributed by atoms with E-state index in [9.17, 15) is 23.1 Å². The van der Waals surface area contributed by atoms with Crippen LogP contribution in [0.4, 0.5) is 36.7 Å². The number of anilines is 4. The number of halogens is 4. The van der Waals surface area contributed by atoms with E-state index in [0.717, 1.165) is 44.9 Å². The Labute approximate surface area is 301 Å². The summed E-state index contributed by atoms with van der Waals surface area (Å²) < 4.78 is 37.9. The van der Waals surface area contributed by atoms with Crippen molar-refractivity contribution in [2.24, 2.45) is 0 Å². The lowest BCUT2D eigenvalue weighted by Gasteiger charge is -2.33. The van der Waals surface area contributed by atoms with E-state index >= 15 is 0 Å². The first-order valence-electron chi connectivity index (χ1n) is 17.2. The summed E-state index contributed by atoms with van der Waals surface area (Å²) in [6.45, 7) is 9.73. The van der Waals surface area contributed by atoms with Crippen molar-refractivity contribution in [2.45, 2.75) is 129 Å². The monoisotopic (exact) mass is 734 g/mol. The Morgan fingerprint density at radius 3 is 2.02 bits per heavy atom. The fourth-order valence-corrected chi connectivity index (χ4v) is 5.80. The van der Waals surface area contributed by atoms with E-state index in [0.29, 0.717) is 51.6 Å². The highest BCUT2D eigenvalue weighted by molar-refractivity contribution is 6.31. The minimum Gasteiger partial charge on any atom is -0.384 e. The summed E-state index contributed by atoms with van der Waals surface area (Å²) >= 11 is 6.00. The van der Waals surface area contributed by atoms with Crippen LogP contribution in [0.15, 0.2) is 30.6 Å². The highest BCUT2D eigenvalue weighted by atomic mass is 35.5. The average Bonchev–Trinajstić information content (AvgIpc) is 3.05. The number of aromatic nitrogens is 6. The molecule has 12 nitrogen and oxygen atoms in total. The number of hydrogen-bond acceptors (Lipinski definition) is 12. The van der Waals surface area contributed by atoms with Gasteiger partial charge in [-0.05, 0) is 71.1 Å². The first-order valence-corrected chi connectivity index (χ1v) is 17.6. The number of carbonyl (C=O) groups excluding carboxylic acids is 1. The number of aliphatic hydroxyl groups is 1.